The van der Waals surface area contributed by atoms with Crippen LogP contribution in [0.5, 0.6) is 0 Å². The van der Waals surface area contributed by atoms with Gasteiger partial charge >= 0.3 is 18.0 Å². The Morgan fingerprint density at radius 3 is 1.83 bits per heavy atom. The van der Waals surface area contributed by atoms with Crippen molar-refractivity contribution in [3.63, 3.8) is 0 Å². The van der Waals surface area contributed by atoms with Crippen LogP contribution in [0.25, 0.3) is 0 Å². The van der Waals surface area contributed by atoms with Gasteiger partial charge in [-0.05, 0) is 0 Å². The lowest BCUT2D eigenvalue weighted by Gasteiger charge is -1.95. The second-order valence-corrected chi connectivity index (χ2v) is 1.68. The van der Waals surface area contributed by atoms with Gasteiger partial charge in [0, 0.05) is 6.20 Å². The predicted molar refractivity (Wildman–Crippen MR) is 36.1 cm³/mol. The molecule has 0 unspecified atom stereocenters. The number of urea groups is 1. The number of carbonyl (C=O) groups excluding carboxylic acids is 1. The molecule has 0 bridgehead atoms. The molecule has 5 N–H and O–H groups in total. The van der Waals surface area contributed by atoms with E-state index in [1.54, 1.807) is 5.32 Å². The van der Waals surface area contributed by atoms with Gasteiger partial charge in [0.15, 0.2) is 5.57 Å². The van der Waals surface area contributed by atoms with Crippen LogP contribution < -0.4 is 11.1 Å². The Morgan fingerprint density at radius 2 is 1.58 bits per heavy atom. The summed E-state index contributed by atoms with van der Waals surface area (Å²) in [5.41, 5.74) is 3.60. The lowest BCUT2D eigenvalue weighted by atomic mass is 10.3. The van der Waals surface area contributed by atoms with Crippen LogP contribution in [0.4, 0.5) is 4.79 Å². The number of aliphatic carboxylic acids is 2. The third kappa shape index (κ3) is 3.20. The van der Waals surface area contributed by atoms with Crippen molar-refractivity contribution in [2.75, 3.05) is 0 Å². The van der Waals surface area contributed by atoms with Crippen LogP contribution >= 0.6 is 0 Å². The van der Waals surface area contributed by atoms with Crippen molar-refractivity contribution in [1.29, 1.82) is 0 Å². The van der Waals surface area contributed by atoms with E-state index in [1.165, 1.54) is 0 Å². The van der Waals surface area contributed by atoms with Gasteiger partial charge in [0.05, 0.1) is 0 Å². The zero-order chi connectivity index (χ0) is 9.72. The Bertz CT molecular complexity index is 241. The second-order valence-electron chi connectivity index (χ2n) is 1.68. The third-order valence-corrected chi connectivity index (χ3v) is 0.820. The molecule has 0 aromatic rings. The maximum absolute atomic E-state index is 10.1. The number of carboxylic acid groups (broad SMARTS) is 2. The van der Waals surface area contributed by atoms with E-state index in [2.05, 4.69) is 5.73 Å². The average molecular weight is 174 g/mol. The van der Waals surface area contributed by atoms with Crippen molar-refractivity contribution in [2.24, 2.45) is 5.73 Å². The molecule has 0 spiro atoms. The van der Waals surface area contributed by atoms with Crippen LogP contribution in [-0.2, 0) is 9.59 Å². The molecule has 0 rings (SSSR count). The fourth-order valence-electron chi connectivity index (χ4n) is 0.358. The van der Waals surface area contributed by atoms with Crippen LogP contribution in [0.15, 0.2) is 11.8 Å². The number of rotatable bonds is 3. The average Bonchev–Trinajstić information content (AvgIpc) is 1.84. The Morgan fingerprint density at radius 1 is 1.17 bits per heavy atom. The van der Waals surface area contributed by atoms with E-state index in [1.807, 2.05) is 0 Å². The highest BCUT2D eigenvalue weighted by Crippen LogP contribution is 1.91. The molecule has 0 saturated heterocycles. The highest BCUT2D eigenvalue weighted by molar-refractivity contribution is 6.12. The van der Waals surface area contributed by atoms with E-state index in [4.69, 9.17) is 10.2 Å². The van der Waals surface area contributed by atoms with Crippen LogP contribution in [0, 0.1) is 0 Å². The standard InChI is InChI=1S/C5H6N2O5/c6-5(12)7-1-2(3(8)9)4(10)11/h1H,(H,8,9)(H,10,11)(H3,6,7,12). The number of carbonyl (C=O) groups is 3. The molecule has 12 heavy (non-hydrogen) atoms. The molecule has 0 aromatic heterocycles. The fourth-order valence-corrected chi connectivity index (χ4v) is 0.358. The Labute approximate surface area is 66.5 Å². The van der Waals surface area contributed by atoms with Gasteiger partial charge in [-0.1, -0.05) is 0 Å². The van der Waals surface area contributed by atoms with E-state index in [0.29, 0.717) is 6.20 Å². The van der Waals surface area contributed by atoms with E-state index < -0.39 is 23.5 Å². The molecule has 0 saturated carbocycles. The van der Waals surface area contributed by atoms with Gasteiger partial charge in [0.2, 0.25) is 0 Å². The largest absolute Gasteiger partial charge is 0.477 e. The first-order valence-electron chi connectivity index (χ1n) is 2.68. The molecule has 0 heterocycles. The zero-order valence-corrected chi connectivity index (χ0v) is 5.77. The minimum atomic E-state index is -1.66. The first-order chi connectivity index (χ1) is 5.45. The molecule has 66 valence electrons. The highest BCUT2D eigenvalue weighted by Gasteiger charge is 2.15. The van der Waals surface area contributed by atoms with Crippen molar-refractivity contribution in [3.05, 3.63) is 11.8 Å². The molecule has 0 aliphatic carbocycles. The minimum absolute atomic E-state index is 0.507. The van der Waals surface area contributed by atoms with Gasteiger partial charge in [-0.2, -0.15) is 0 Å². The topological polar surface area (TPSA) is 130 Å². The molecule has 0 radical (unpaired) electrons. The molecule has 0 aliphatic heterocycles. The highest BCUT2D eigenvalue weighted by atomic mass is 16.4. The van der Waals surface area contributed by atoms with Crippen LogP contribution in [0.2, 0.25) is 0 Å². The number of primary amides is 1. The van der Waals surface area contributed by atoms with Gasteiger partial charge in [0.25, 0.3) is 0 Å². The molecular formula is C5H6N2O5. The summed E-state index contributed by atoms with van der Waals surface area (Å²) < 4.78 is 0. The SMILES string of the molecule is NC(=O)NC=C(C(=O)O)C(=O)O. The van der Waals surface area contributed by atoms with Crippen LogP contribution in [0.3, 0.4) is 0 Å². The van der Waals surface area contributed by atoms with Crippen molar-refractivity contribution in [1.82, 2.24) is 5.32 Å². The third-order valence-electron chi connectivity index (χ3n) is 0.820. The molecule has 2 amide bonds. The zero-order valence-electron chi connectivity index (χ0n) is 5.77. The van der Waals surface area contributed by atoms with E-state index in [0.717, 1.165) is 0 Å². The number of nitrogens with one attached hydrogen (secondary N) is 1. The van der Waals surface area contributed by atoms with E-state index >= 15 is 0 Å². The van der Waals surface area contributed by atoms with Gasteiger partial charge in [-0.25, -0.2) is 14.4 Å². The molecule has 0 aliphatic rings. The number of hydrogen-bond acceptors (Lipinski definition) is 3. The summed E-state index contributed by atoms with van der Waals surface area (Å²) >= 11 is 0. The molecule has 7 nitrogen and oxygen atoms in total. The smallest absolute Gasteiger partial charge is 0.344 e. The summed E-state index contributed by atoms with van der Waals surface area (Å²) in [5, 5.41) is 18.2. The van der Waals surface area contributed by atoms with Crippen molar-refractivity contribution < 1.29 is 24.6 Å². The first kappa shape index (κ1) is 9.95. The van der Waals surface area contributed by atoms with Crippen LogP contribution in [0.1, 0.15) is 0 Å². The summed E-state index contributed by atoms with van der Waals surface area (Å²) in [6.45, 7) is 0. The van der Waals surface area contributed by atoms with Crippen molar-refractivity contribution in [2.45, 2.75) is 0 Å². The molecular weight excluding hydrogens is 168 g/mol. The van der Waals surface area contributed by atoms with Crippen molar-refractivity contribution in [3.8, 4) is 0 Å². The number of amides is 2. The van der Waals surface area contributed by atoms with Crippen molar-refractivity contribution >= 4 is 18.0 Å². The van der Waals surface area contributed by atoms with Gasteiger partial charge in [-0.15, -0.1) is 0 Å². The summed E-state index contributed by atoms with van der Waals surface area (Å²) in [6.07, 6.45) is 0.507. The normalized spacial score (nSPS) is 8.33. The fraction of sp³-hybridized carbons (Fsp3) is 0. The maximum Gasteiger partial charge on any atom is 0.344 e. The van der Waals surface area contributed by atoms with Crippen LogP contribution in [-0.4, -0.2) is 28.2 Å². The maximum atomic E-state index is 10.1. The molecule has 7 heteroatoms. The Balaban J connectivity index is 4.51. The summed E-state index contributed by atoms with van der Waals surface area (Å²) in [5.74, 6) is -3.31. The lowest BCUT2D eigenvalue weighted by Crippen LogP contribution is -2.26. The van der Waals surface area contributed by atoms with Gasteiger partial charge in [-0.3, -0.25) is 0 Å². The number of carboxylic acids is 2. The molecule has 0 fully saturated rings. The molecule has 0 atom stereocenters. The Kier molecular flexibility index (Phi) is 3.28. The number of hydrogen-bond donors (Lipinski definition) is 4. The number of nitrogens with two attached hydrogens (primary N) is 1. The monoisotopic (exact) mass is 174 g/mol. The van der Waals surface area contributed by atoms with Gasteiger partial charge in [0.1, 0.15) is 0 Å². The van der Waals surface area contributed by atoms with E-state index in [-0.39, 0.29) is 0 Å². The van der Waals surface area contributed by atoms with Gasteiger partial charge < -0.3 is 21.3 Å². The summed E-state index contributed by atoms with van der Waals surface area (Å²) in [6, 6.07) is -1.03. The first-order valence-corrected chi connectivity index (χ1v) is 2.68. The minimum Gasteiger partial charge on any atom is -0.477 e. The molecule has 0 aromatic carbocycles. The van der Waals surface area contributed by atoms with E-state index in [9.17, 15) is 14.4 Å². The summed E-state index contributed by atoms with van der Waals surface area (Å²) in [7, 11) is 0. The Hall–Kier alpha value is -2.05. The second kappa shape index (κ2) is 3.96. The quantitative estimate of drug-likeness (QED) is 0.240. The predicted octanol–water partition coefficient (Wildman–Crippen LogP) is -1.29. The summed E-state index contributed by atoms with van der Waals surface area (Å²) in [4.78, 5) is 30.3. The lowest BCUT2D eigenvalue weighted by molar-refractivity contribution is -0.140.